The monoisotopic (exact) mass is 831 g/mol. The van der Waals surface area contributed by atoms with Crippen LogP contribution in [0.25, 0.3) is 11.0 Å². The van der Waals surface area contributed by atoms with Crippen molar-refractivity contribution < 1.29 is 62.2 Å². The van der Waals surface area contributed by atoms with Crippen LogP contribution >= 0.6 is 50.0 Å². The molecule has 1 unspecified atom stereocenters. The first-order valence-electron chi connectivity index (χ1n) is 15.5. The zero-order chi connectivity index (χ0) is 37.9. The number of ether oxygens (including phenoxy) is 5. The molecule has 5 atom stereocenters. The largest absolute Gasteiger partial charge is 0.387 e. The van der Waals surface area contributed by atoms with Crippen molar-refractivity contribution in [1.29, 1.82) is 0 Å². The molecule has 0 bridgehead atoms. The van der Waals surface area contributed by atoms with Gasteiger partial charge in [-0.25, -0.2) is 4.68 Å². The van der Waals surface area contributed by atoms with Crippen LogP contribution in [-0.4, -0.2) is 135 Å². The first-order chi connectivity index (χ1) is 24.7. The Bertz CT molecular complexity index is 1740. The minimum Gasteiger partial charge on any atom is -0.387 e. The third-order valence-electron chi connectivity index (χ3n) is 7.19. The molecule has 0 amide bonds. The van der Waals surface area contributed by atoms with Gasteiger partial charge in [-0.15, -0.1) is 6.42 Å². The average molecular weight is 833 g/mol. The lowest BCUT2D eigenvalue weighted by Crippen LogP contribution is -2.33. The summed E-state index contributed by atoms with van der Waals surface area (Å²) in [6.45, 7) is 2.36. The fourth-order valence-corrected chi connectivity index (χ4v) is 8.29. The maximum absolute atomic E-state index is 12.1. The van der Waals surface area contributed by atoms with Crippen molar-refractivity contribution in [2.75, 3.05) is 76.8 Å². The number of anilines is 1. The van der Waals surface area contributed by atoms with E-state index in [2.05, 4.69) is 21.0 Å². The van der Waals surface area contributed by atoms with Crippen LogP contribution in [0.15, 0.2) is 24.4 Å². The second kappa shape index (κ2) is 20.1. The van der Waals surface area contributed by atoms with E-state index >= 15 is 0 Å². The summed E-state index contributed by atoms with van der Waals surface area (Å²) in [5.74, 6) is 1.26. The van der Waals surface area contributed by atoms with Crippen molar-refractivity contribution in [3.63, 3.8) is 0 Å². The van der Waals surface area contributed by atoms with Gasteiger partial charge in [-0.3, -0.25) is 9.13 Å². The summed E-state index contributed by atoms with van der Waals surface area (Å²) in [6, 6.07) is 5.07. The van der Waals surface area contributed by atoms with Gasteiger partial charge < -0.3 is 58.0 Å². The van der Waals surface area contributed by atoms with Gasteiger partial charge in [0.1, 0.15) is 30.7 Å². The van der Waals surface area contributed by atoms with E-state index in [0.29, 0.717) is 54.3 Å². The van der Waals surface area contributed by atoms with E-state index in [-0.39, 0.29) is 43.8 Å². The van der Waals surface area contributed by atoms with Crippen molar-refractivity contribution in [3.05, 3.63) is 45.3 Å². The predicted octanol–water partition coefficient (Wildman–Crippen LogP) is 2.45. The number of nitrogens with zero attached hydrogens (tertiary/aromatic N) is 5. The molecule has 1 aliphatic rings. The van der Waals surface area contributed by atoms with Crippen LogP contribution in [-0.2, 0) is 43.9 Å². The Hall–Kier alpha value is -1.98. The first-order valence-corrected chi connectivity index (χ1v) is 20.2. The minimum absolute atomic E-state index is 0.107. The summed E-state index contributed by atoms with van der Waals surface area (Å²) < 4.78 is 56.9. The van der Waals surface area contributed by atoms with Crippen LogP contribution in [0, 0.1) is 12.3 Å². The van der Waals surface area contributed by atoms with Crippen molar-refractivity contribution in [3.8, 4) is 12.3 Å². The Morgan fingerprint density at radius 2 is 1.52 bits per heavy atom. The summed E-state index contributed by atoms with van der Waals surface area (Å²) in [5, 5.41) is 26.8. The lowest BCUT2D eigenvalue weighted by molar-refractivity contribution is -0.0541. The summed E-state index contributed by atoms with van der Waals surface area (Å²) in [6.07, 6.45) is 0.486. The third-order valence-corrected chi connectivity index (χ3v) is 11.3. The molecule has 0 spiro atoms. The van der Waals surface area contributed by atoms with E-state index in [1.54, 1.807) is 18.2 Å². The summed E-state index contributed by atoms with van der Waals surface area (Å²) in [7, 11) is -9.66. The van der Waals surface area contributed by atoms with Gasteiger partial charge in [-0.2, -0.15) is 15.1 Å². The smallest absolute Gasteiger partial charge is 0.340 e. The Balaban J connectivity index is 1.45. The number of halogens is 3. The van der Waals surface area contributed by atoms with Gasteiger partial charge in [-0.05, 0) is 35.4 Å². The highest BCUT2D eigenvalue weighted by atomic mass is 35.5. The number of aliphatic hydroxyl groups excluding tert-OH is 2. The number of aliphatic hydroxyl groups is 2. The van der Waals surface area contributed by atoms with Gasteiger partial charge >= 0.3 is 15.2 Å². The van der Waals surface area contributed by atoms with Crippen molar-refractivity contribution in [2.45, 2.75) is 31.1 Å². The third kappa shape index (κ3) is 13.1. The molecule has 1 saturated heterocycles. The standard InChI is InChI=1S/C29H38Cl3N5O13P2/c1-2-4-45-6-8-47-10-11-48-9-7-46-5-3-36(16-19-12-20(30)14-21(31)13-19)26-22-15-33-37(27(22)35-29(32)34-26)28-25(39)24(38)23(50-28)17-49-52(43,44)18-51(40,41)42/h1,12-15,23-25,28,38-39H,3-11,16-18H2,(H,43,44)(H2,40,41,42)/t23-,24-,25-,28-/m1/s1. The Morgan fingerprint density at radius 3 is 2.13 bits per heavy atom. The molecule has 1 aliphatic heterocycles. The van der Waals surface area contributed by atoms with Crippen LogP contribution in [0.4, 0.5) is 5.82 Å². The first kappa shape index (κ1) is 42.8. The zero-order valence-corrected chi connectivity index (χ0v) is 31.5. The Labute approximate surface area is 313 Å². The Kier molecular flexibility index (Phi) is 16.5. The van der Waals surface area contributed by atoms with E-state index in [4.69, 9.17) is 79.2 Å². The van der Waals surface area contributed by atoms with Gasteiger partial charge in [0.15, 0.2) is 17.8 Å². The van der Waals surface area contributed by atoms with Crippen LogP contribution in [0.3, 0.4) is 0 Å². The zero-order valence-electron chi connectivity index (χ0n) is 27.4. The lowest BCUT2D eigenvalue weighted by Gasteiger charge is -2.25. The molecule has 288 valence electrons. The predicted molar refractivity (Wildman–Crippen MR) is 189 cm³/mol. The molecule has 1 aromatic carbocycles. The van der Waals surface area contributed by atoms with Gasteiger partial charge in [0, 0.05) is 23.1 Å². The normalized spacial score (nSPS) is 20.3. The summed E-state index contributed by atoms with van der Waals surface area (Å²) >= 11 is 18.9. The van der Waals surface area contributed by atoms with Gasteiger partial charge in [0.05, 0.1) is 64.4 Å². The second-order valence-corrected chi connectivity index (χ2v) is 16.4. The maximum atomic E-state index is 12.1. The van der Waals surface area contributed by atoms with Crippen molar-refractivity contribution >= 4 is 66.8 Å². The lowest BCUT2D eigenvalue weighted by atomic mass is 10.1. The fourth-order valence-electron chi connectivity index (χ4n) is 4.99. The molecule has 52 heavy (non-hydrogen) atoms. The van der Waals surface area contributed by atoms with E-state index < -0.39 is 52.2 Å². The number of hydrogen-bond donors (Lipinski definition) is 5. The topological polar surface area (TPSA) is 238 Å². The van der Waals surface area contributed by atoms with E-state index in [0.717, 1.165) is 10.2 Å². The maximum Gasteiger partial charge on any atom is 0.340 e. The molecule has 4 rings (SSSR count). The SMILES string of the molecule is C#CCOCCOCCOCCOCCN(Cc1cc(Cl)cc(Cl)c1)c1nc(Cl)nc2c1cnn2[C@@H]1O[C@H](COP(=O)(O)CP(=O)(O)O)[C@@H](O)[C@H]1O. The highest BCUT2D eigenvalue weighted by molar-refractivity contribution is 7.70. The molecular weight excluding hydrogens is 795 g/mol. The summed E-state index contributed by atoms with van der Waals surface area (Å²) in [5.41, 5.74) is 0.844. The van der Waals surface area contributed by atoms with Crippen LogP contribution in [0.1, 0.15) is 11.8 Å². The molecule has 23 heteroatoms. The number of rotatable bonds is 22. The average Bonchev–Trinajstić information content (AvgIpc) is 3.59. The highest BCUT2D eigenvalue weighted by Gasteiger charge is 2.46. The second-order valence-electron chi connectivity index (χ2n) is 11.2. The molecule has 0 radical (unpaired) electrons. The molecule has 2 aromatic heterocycles. The van der Waals surface area contributed by atoms with Crippen molar-refractivity contribution in [2.24, 2.45) is 0 Å². The van der Waals surface area contributed by atoms with Crippen LogP contribution in [0.5, 0.6) is 0 Å². The van der Waals surface area contributed by atoms with Crippen LogP contribution in [0.2, 0.25) is 15.3 Å². The van der Waals surface area contributed by atoms with Gasteiger partial charge in [0.25, 0.3) is 0 Å². The molecule has 3 heterocycles. The van der Waals surface area contributed by atoms with E-state index in [1.807, 2.05) is 4.90 Å². The van der Waals surface area contributed by atoms with Gasteiger partial charge in [0.2, 0.25) is 5.28 Å². The number of benzene rings is 1. The molecule has 3 aromatic rings. The number of fused-ring (bicyclic) bond motifs is 1. The highest BCUT2D eigenvalue weighted by Crippen LogP contribution is 2.55. The van der Waals surface area contributed by atoms with Gasteiger partial charge in [-0.1, -0.05) is 29.1 Å². The summed E-state index contributed by atoms with van der Waals surface area (Å²) in [4.78, 5) is 38.5. The Morgan fingerprint density at radius 1 is 0.904 bits per heavy atom. The molecule has 0 saturated carbocycles. The number of aromatic nitrogens is 4. The van der Waals surface area contributed by atoms with E-state index in [1.165, 1.54) is 6.20 Å². The molecule has 5 N–H and O–H groups in total. The minimum atomic E-state index is -4.90. The fraction of sp³-hybridized carbons (Fsp3) is 0.552. The molecule has 18 nitrogen and oxygen atoms in total. The number of hydrogen-bond acceptors (Lipinski definition) is 14. The molecule has 1 fully saturated rings. The quantitative estimate of drug-likeness (QED) is 0.0423. The molecule has 0 aliphatic carbocycles. The van der Waals surface area contributed by atoms with E-state index in [9.17, 15) is 24.2 Å². The molecular formula is C29H38Cl3N5O13P2. The van der Waals surface area contributed by atoms with Crippen LogP contribution < -0.4 is 4.90 Å². The van der Waals surface area contributed by atoms with Crippen molar-refractivity contribution in [1.82, 2.24) is 19.7 Å². The number of terminal acetylenes is 1.